The Morgan fingerprint density at radius 1 is 0.814 bits per heavy atom. The number of nitrogens with two attached hydrogens (primary N) is 3. The van der Waals surface area contributed by atoms with E-state index in [0.717, 1.165) is 12.8 Å². The van der Waals surface area contributed by atoms with E-state index in [-0.39, 0.29) is 60.9 Å². The van der Waals surface area contributed by atoms with Crippen LogP contribution in [0.5, 0.6) is 0 Å². The van der Waals surface area contributed by atoms with Gasteiger partial charge in [-0.25, -0.2) is 0 Å². The van der Waals surface area contributed by atoms with Crippen molar-refractivity contribution >= 4 is 46.7 Å². The maximum absolute atomic E-state index is 12.3. The zero-order chi connectivity index (χ0) is 32.3. The molecule has 0 saturated heterocycles. The second kappa shape index (κ2) is 26.9. The smallest absolute Gasteiger partial charge is 0.237 e. The van der Waals surface area contributed by atoms with E-state index in [9.17, 15) is 24.0 Å². The van der Waals surface area contributed by atoms with Crippen LogP contribution in [0, 0.1) is 5.92 Å². The van der Waals surface area contributed by atoms with Crippen LogP contribution in [0.1, 0.15) is 64.7 Å². The minimum absolute atomic E-state index is 0.0515. The molecule has 2 atom stereocenters. The number of guanidine groups is 1. The number of rotatable bonds is 29. The highest BCUT2D eigenvalue weighted by Crippen LogP contribution is 2.14. The molecule has 2 amide bonds. The van der Waals surface area contributed by atoms with Gasteiger partial charge in [-0.2, -0.15) is 0 Å². The molecule has 8 N–H and O–H groups in total. The molecular weight excluding hydrogens is 584 g/mol. The molecule has 0 bridgehead atoms. The minimum Gasteiger partial charge on any atom is -0.379 e. The Balaban J connectivity index is 3.86. The van der Waals surface area contributed by atoms with Gasteiger partial charge in [0.1, 0.15) is 5.78 Å². The first kappa shape index (κ1) is 40.4. The van der Waals surface area contributed by atoms with Crippen molar-refractivity contribution in [3.63, 3.8) is 0 Å². The zero-order valence-corrected chi connectivity index (χ0v) is 26.2. The van der Waals surface area contributed by atoms with Gasteiger partial charge in [0.2, 0.25) is 11.8 Å². The first-order valence-corrected chi connectivity index (χ1v) is 15.3. The standard InChI is InChI=1S/C28H51ClN6O8/c1-21(36)6-2-3-12-41-14-16-43-17-15-42-13-5-11-33-26(39)9-8-24(30)27(40)35-20-23(37)18-22(25(38)19-29)7-4-10-34-28(31)32/h22,24H,2-20,30H2,1H3,(H,33,39)(H,35,40)(H4,31,32,34)/t22-,24+/m1/s1. The number of Topliss-reactive ketones (excluding diaryl/α,β-unsaturated/α-hetero) is 3. The summed E-state index contributed by atoms with van der Waals surface area (Å²) in [6, 6.07) is -0.959. The summed E-state index contributed by atoms with van der Waals surface area (Å²) >= 11 is 5.65. The average Bonchev–Trinajstić information content (AvgIpc) is 2.97. The third-order valence-electron chi connectivity index (χ3n) is 6.14. The van der Waals surface area contributed by atoms with Crippen molar-refractivity contribution in [3.05, 3.63) is 0 Å². The number of carbonyl (C=O) groups excluding carboxylic acids is 5. The Bertz CT molecular complexity index is 857. The predicted octanol–water partition coefficient (Wildman–Crippen LogP) is -0.0376. The maximum atomic E-state index is 12.3. The Morgan fingerprint density at radius 3 is 2.05 bits per heavy atom. The van der Waals surface area contributed by atoms with Crippen molar-refractivity contribution in [1.29, 1.82) is 0 Å². The van der Waals surface area contributed by atoms with E-state index in [1.807, 2.05) is 0 Å². The van der Waals surface area contributed by atoms with Crippen LogP contribution in [0.3, 0.4) is 0 Å². The molecule has 0 saturated carbocycles. The number of aliphatic imine (C=N–C) groups is 1. The van der Waals surface area contributed by atoms with Crippen LogP contribution in [-0.2, 0) is 38.2 Å². The topological polar surface area (TPSA) is 228 Å². The van der Waals surface area contributed by atoms with Crippen molar-refractivity contribution in [3.8, 4) is 0 Å². The lowest BCUT2D eigenvalue weighted by molar-refractivity contribution is -0.128. The number of hydrogen-bond donors (Lipinski definition) is 5. The molecule has 0 aliphatic carbocycles. The number of nitrogens with one attached hydrogen (secondary N) is 2. The molecule has 248 valence electrons. The summed E-state index contributed by atoms with van der Waals surface area (Å²) < 4.78 is 16.3. The van der Waals surface area contributed by atoms with Crippen LogP contribution < -0.4 is 27.8 Å². The lowest BCUT2D eigenvalue weighted by atomic mass is 9.93. The van der Waals surface area contributed by atoms with Gasteiger partial charge in [0.25, 0.3) is 0 Å². The molecule has 0 aliphatic heterocycles. The van der Waals surface area contributed by atoms with Gasteiger partial charge in [-0.05, 0) is 45.4 Å². The van der Waals surface area contributed by atoms with Gasteiger partial charge in [-0.15, -0.1) is 11.6 Å². The fourth-order valence-corrected chi connectivity index (χ4v) is 3.94. The monoisotopic (exact) mass is 634 g/mol. The van der Waals surface area contributed by atoms with Crippen molar-refractivity contribution in [1.82, 2.24) is 10.6 Å². The largest absolute Gasteiger partial charge is 0.379 e. The molecule has 14 nitrogen and oxygen atoms in total. The van der Waals surface area contributed by atoms with Crippen molar-refractivity contribution in [2.24, 2.45) is 28.1 Å². The molecule has 15 heteroatoms. The Labute approximate surface area is 259 Å². The van der Waals surface area contributed by atoms with Gasteiger partial charge in [0.05, 0.1) is 44.9 Å². The molecule has 0 spiro atoms. The summed E-state index contributed by atoms with van der Waals surface area (Å²) in [7, 11) is 0. The fourth-order valence-electron chi connectivity index (χ4n) is 3.72. The minimum atomic E-state index is -0.959. The molecule has 0 aromatic carbocycles. The summed E-state index contributed by atoms with van der Waals surface area (Å²) in [6.07, 6.45) is 3.89. The molecule has 0 aromatic heterocycles. The first-order valence-electron chi connectivity index (χ1n) is 14.7. The van der Waals surface area contributed by atoms with Gasteiger partial charge in [0.15, 0.2) is 17.5 Å². The van der Waals surface area contributed by atoms with E-state index < -0.39 is 17.9 Å². The normalized spacial score (nSPS) is 12.3. The van der Waals surface area contributed by atoms with Gasteiger partial charge in [-0.3, -0.25) is 24.2 Å². The third-order valence-corrected chi connectivity index (χ3v) is 6.41. The number of ketones is 3. The van der Waals surface area contributed by atoms with Crippen LogP contribution in [0.2, 0.25) is 0 Å². The summed E-state index contributed by atoms with van der Waals surface area (Å²) in [5.74, 6) is -2.05. The molecule has 0 radical (unpaired) electrons. The van der Waals surface area contributed by atoms with E-state index >= 15 is 0 Å². The molecule has 43 heavy (non-hydrogen) atoms. The van der Waals surface area contributed by atoms with Crippen LogP contribution in [-0.4, -0.2) is 106 Å². The number of ether oxygens (including phenoxy) is 3. The van der Waals surface area contributed by atoms with Crippen LogP contribution in [0.15, 0.2) is 4.99 Å². The van der Waals surface area contributed by atoms with Gasteiger partial charge in [0, 0.05) is 51.5 Å². The fraction of sp³-hybridized carbons (Fsp3) is 0.786. The number of alkyl halides is 1. The second-order valence-corrected chi connectivity index (χ2v) is 10.3. The van der Waals surface area contributed by atoms with Crippen molar-refractivity contribution in [2.45, 2.75) is 70.8 Å². The SMILES string of the molecule is CC(=O)CCCCOCCOCCOCCCNC(=O)CC[C@H](N)C(=O)NCC(=O)C[C@@H](CCCN=C(N)N)C(=O)CCl. The lowest BCUT2D eigenvalue weighted by Crippen LogP contribution is -2.43. The Kier molecular flexibility index (Phi) is 25.3. The molecule has 0 fully saturated rings. The zero-order valence-electron chi connectivity index (χ0n) is 25.4. The van der Waals surface area contributed by atoms with Crippen molar-refractivity contribution in [2.75, 3.05) is 65.2 Å². The van der Waals surface area contributed by atoms with E-state index in [1.54, 1.807) is 6.92 Å². The van der Waals surface area contributed by atoms with E-state index in [0.29, 0.717) is 78.4 Å². The number of halogens is 1. The van der Waals surface area contributed by atoms with E-state index in [1.165, 1.54) is 0 Å². The Hall–Kier alpha value is -2.65. The third kappa shape index (κ3) is 25.6. The van der Waals surface area contributed by atoms with Gasteiger partial charge in [-0.1, -0.05) is 0 Å². The number of nitrogens with zero attached hydrogens (tertiary/aromatic N) is 1. The number of amides is 2. The number of unbranched alkanes of at least 4 members (excludes halogenated alkanes) is 1. The van der Waals surface area contributed by atoms with Crippen LogP contribution in [0.25, 0.3) is 0 Å². The molecular formula is C28H51ClN6O8. The average molecular weight is 635 g/mol. The number of carbonyl (C=O) groups is 5. The molecule has 0 aromatic rings. The summed E-state index contributed by atoms with van der Waals surface area (Å²) in [5, 5.41) is 5.21. The van der Waals surface area contributed by atoms with Crippen molar-refractivity contribution < 1.29 is 38.2 Å². The maximum Gasteiger partial charge on any atom is 0.237 e. The first-order chi connectivity index (χ1) is 20.6. The molecule has 0 heterocycles. The van der Waals surface area contributed by atoms with E-state index in [4.69, 9.17) is 43.0 Å². The second-order valence-electron chi connectivity index (χ2n) is 10.1. The lowest BCUT2D eigenvalue weighted by Gasteiger charge is -2.15. The summed E-state index contributed by atoms with van der Waals surface area (Å²) in [4.78, 5) is 63.3. The number of hydrogen-bond acceptors (Lipinski definition) is 10. The molecule has 0 rings (SSSR count). The van der Waals surface area contributed by atoms with Gasteiger partial charge < -0.3 is 46.8 Å². The van der Waals surface area contributed by atoms with E-state index in [2.05, 4.69) is 15.6 Å². The highest BCUT2D eigenvalue weighted by molar-refractivity contribution is 6.28. The van der Waals surface area contributed by atoms with Crippen LogP contribution in [0.4, 0.5) is 0 Å². The highest BCUT2D eigenvalue weighted by atomic mass is 35.5. The Morgan fingerprint density at radius 2 is 1.44 bits per heavy atom. The van der Waals surface area contributed by atoms with Crippen LogP contribution >= 0.6 is 11.6 Å². The molecule has 0 unspecified atom stereocenters. The molecule has 0 aliphatic rings. The summed E-state index contributed by atoms with van der Waals surface area (Å²) in [5.41, 5.74) is 16.4. The predicted molar refractivity (Wildman–Crippen MR) is 164 cm³/mol. The quantitative estimate of drug-likeness (QED) is 0.0317. The highest BCUT2D eigenvalue weighted by Gasteiger charge is 2.22. The summed E-state index contributed by atoms with van der Waals surface area (Å²) in [6.45, 7) is 4.97. The van der Waals surface area contributed by atoms with Gasteiger partial charge >= 0.3 is 0 Å².